The standard InChI is InChI=1S/C17H24N2O2/c1-13(19-12-14-3-2-4-16(20)11-14)15-5-7-17(8-6-15)21-10-9-18/h5-8,13-14,16,19-20H,2-4,10-12H2,1H3. The fourth-order valence-corrected chi connectivity index (χ4v) is 2.88. The Kier molecular flexibility index (Phi) is 6.04. The van der Waals surface area contributed by atoms with Gasteiger partial charge in [0.2, 0.25) is 0 Å². The molecule has 0 spiro atoms. The molecule has 1 aliphatic carbocycles. The molecule has 0 aliphatic heterocycles. The van der Waals surface area contributed by atoms with Gasteiger partial charge in [0.25, 0.3) is 0 Å². The highest BCUT2D eigenvalue weighted by Crippen LogP contribution is 2.24. The molecule has 1 aromatic rings. The topological polar surface area (TPSA) is 65.3 Å². The van der Waals surface area contributed by atoms with E-state index in [2.05, 4.69) is 12.2 Å². The van der Waals surface area contributed by atoms with Crippen LogP contribution in [0.2, 0.25) is 0 Å². The number of nitriles is 1. The second-order valence-corrected chi connectivity index (χ2v) is 5.83. The molecule has 114 valence electrons. The van der Waals surface area contributed by atoms with Crippen molar-refractivity contribution in [2.75, 3.05) is 13.2 Å². The van der Waals surface area contributed by atoms with Gasteiger partial charge < -0.3 is 15.2 Å². The molecule has 0 radical (unpaired) electrons. The lowest BCUT2D eigenvalue weighted by Crippen LogP contribution is -2.30. The Morgan fingerprint density at radius 2 is 2.14 bits per heavy atom. The van der Waals surface area contributed by atoms with Crippen LogP contribution in [0.25, 0.3) is 0 Å². The molecule has 1 fully saturated rings. The normalized spacial score (nSPS) is 23.3. The zero-order valence-corrected chi connectivity index (χ0v) is 12.6. The molecule has 0 saturated heterocycles. The van der Waals surface area contributed by atoms with Gasteiger partial charge in [-0.25, -0.2) is 0 Å². The largest absolute Gasteiger partial charge is 0.479 e. The van der Waals surface area contributed by atoms with E-state index in [1.807, 2.05) is 30.3 Å². The van der Waals surface area contributed by atoms with Crippen LogP contribution in [0.1, 0.15) is 44.2 Å². The minimum Gasteiger partial charge on any atom is -0.479 e. The highest BCUT2D eigenvalue weighted by atomic mass is 16.5. The molecule has 0 aromatic heterocycles. The summed E-state index contributed by atoms with van der Waals surface area (Å²) in [5, 5.41) is 21.7. The number of rotatable bonds is 6. The predicted octanol–water partition coefficient (Wildman–Crippen LogP) is 2.79. The molecule has 4 heteroatoms. The van der Waals surface area contributed by atoms with Crippen molar-refractivity contribution in [1.29, 1.82) is 5.26 Å². The zero-order chi connectivity index (χ0) is 15.1. The highest BCUT2D eigenvalue weighted by Gasteiger charge is 2.20. The third-order valence-electron chi connectivity index (χ3n) is 4.15. The molecule has 1 saturated carbocycles. The van der Waals surface area contributed by atoms with Gasteiger partial charge in [0.15, 0.2) is 6.61 Å². The number of ether oxygens (including phenoxy) is 1. The number of benzene rings is 1. The van der Waals surface area contributed by atoms with Crippen LogP contribution in [0.5, 0.6) is 5.75 Å². The maximum Gasteiger partial charge on any atom is 0.174 e. The van der Waals surface area contributed by atoms with Gasteiger partial charge in [-0.2, -0.15) is 5.26 Å². The van der Waals surface area contributed by atoms with E-state index < -0.39 is 0 Å². The second-order valence-electron chi connectivity index (χ2n) is 5.83. The van der Waals surface area contributed by atoms with Gasteiger partial charge in [0.05, 0.1) is 6.10 Å². The van der Waals surface area contributed by atoms with Gasteiger partial charge in [0, 0.05) is 6.04 Å². The van der Waals surface area contributed by atoms with E-state index >= 15 is 0 Å². The molecule has 1 aliphatic rings. The average Bonchev–Trinajstić information content (AvgIpc) is 2.51. The van der Waals surface area contributed by atoms with Crippen molar-refractivity contribution in [2.45, 2.75) is 44.8 Å². The molecule has 4 nitrogen and oxygen atoms in total. The summed E-state index contributed by atoms with van der Waals surface area (Å²) in [6.07, 6.45) is 4.10. The van der Waals surface area contributed by atoms with E-state index in [-0.39, 0.29) is 18.8 Å². The Labute approximate surface area is 126 Å². The minimum atomic E-state index is -0.113. The van der Waals surface area contributed by atoms with Crippen molar-refractivity contribution in [2.24, 2.45) is 5.92 Å². The third kappa shape index (κ3) is 5.04. The monoisotopic (exact) mass is 288 g/mol. The molecular weight excluding hydrogens is 264 g/mol. The molecule has 0 heterocycles. The Morgan fingerprint density at radius 3 is 2.81 bits per heavy atom. The summed E-state index contributed by atoms with van der Waals surface area (Å²) in [7, 11) is 0. The summed E-state index contributed by atoms with van der Waals surface area (Å²) in [5.74, 6) is 1.30. The smallest absolute Gasteiger partial charge is 0.174 e. The molecule has 21 heavy (non-hydrogen) atoms. The Morgan fingerprint density at radius 1 is 1.38 bits per heavy atom. The quantitative estimate of drug-likeness (QED) is 0.845. The van der Waals surface area contributed by atoms with Gasteiger partial charge in [-0.1, -0.05) is 18.6 Å². The van der Waals surface area contributed by atoms with E-state index in [0.29, 0.717) is 5.92 Å². The first-order valence-corrected chi connectivity index (χ1v) is 7.70. The Balaban J connectivity index is 1.79. The van der Waals surface area contributed by atoms with Crippen LogP contribution >= 0.6 is 0 Å². The summed E-state index contributed by atoms with van der Waals surface area (Å²) in [6, 6.07) is 10.1. The number of nitrogens with one attached hydrogen (secondary N) is 1. The third-order valence-corrected chi connectivity index (χ3v) is 4.15. The lowest BCUT2D eigenvalue weighted by molar-refractivity contribution is 0.0998. The Bertz CT molecular complexity index is 467. The number of hydrogen-bond donors (Lipinski definition) is 2. The SMILES string of the molecule is CC(NCC1CCCC(O)C1)c1ccc(OCC#N)cc1. The van der Waals surface area contributed by atoms with Crippen LogP contribution < -0.4 is 10.1 Å². The van der Waals surface area contributed by atoms with E-state index in [9.17, 15) is 5.11 Å². The fraction of sp³-hybridized carbons (Fsp3) is 0.588. The van der Waals surface area contributed by atoms with Gasteiger partial charge in [-0.3, -0.25) is 0 Å². The summed E-state index contributed by atoms with van der Waals surface area (Å²) < 4.78 is 5.25. The average molecular weight is 288 g/mol. The summed E-state index contributed by atoms with van der Waals surface area (Å²) in [4.78, 5) is 0. The van der Waals surface area contributed by atoms with Crippen LogP contribution in [0.4, 0.5) is 0 Å². The first-order valence-electron chi connectivity index (χ1n) is 7.70. The van der Waals surface area contributed by atoms with E-state index in [0.717, 1.165) is 31.6 Å². The van der Waals surface area contributed by atoms with Gasteiger partial charge in [0.1, 0.15) is 11.8 Å². The fourth-order valence-electron chi connectivity index (χ4n) is 2.88. The number of nitrogens with zero attached hydrogens (tertiary/aromatic N) is 1. The number of aliphatic hydroxyl groups is 1. The maximum atomic E-state index is 9.70. The molecule has 0 amide bonds. The van der Waals surface area contributed by atoms with Gasteiger partial charge >= 0.3 is 0 Å². The lowest BCUT2D eigenvalue weighted by Gasteiger charge is -2.27. The predicted molar refractivity (Wildman–Crippen MR) is 81.9 cm³/mol. The summed E-state index contributed by atoms with van der Waals surface area (Å²) >= 11 is 0. The van der Waals surface area contributed by atoms with Crippen molar-refractivity contribution in [3.63, 3.8) is 0 Å². The van der Waals surface area contributed by atoms with Crippen molar-refractivity contribution in [3.8, 4) is 11.8 Å². The van der Waals surface area contributed by atoms with E-state index in [1.54, 1.807) is 0 Å². The van der Waals surface area contributed by atoms with Crippen molar-refractivity contribution < 1.29 is 9.84 Å². The van der Waals surface area contributed by atoms with Crippen LogP contribution in [-0.2, 0) is 0 Å². The van der Waals surface area contributed by atoms with Crippen LogP contribution in [-0.4, -0.2) is 24.4 Å². The van der Waals surface area contributed by atoms with Crippen molar-refractivity contribution in [1.82, 2.24) is 5.32 Å². The summed E-state index contributed by atoms with van der Waals surface area (Å²) in [5.41, 5.74) is 1.20. The molecule has 1 aromatic carbocycles. The Hall–Kier alpha value is -1.57. The minimum absolute atomic E-state index is 0.0805. The molecule has 0 bridgehead atoms. The molecule has 3 unspecified atom stereocenters. The van der Waals surface area contributed by atoms with E-state index in [4.69, 9.17) is 10.00 Å². The van der Waals surface area contributed by atoms with Crippen LogP contribution in [0.15, 0.2) is 24.3 Å². The highest BCUT2D eigenvalue weighted by molar-refractivity contribution is 5.29. The second kappa shape index (κ2) is 8.02. The maximum absolute atomic E-state index is 9.70. The molecule has 3 atom stereocenters. The zero-order valence-electron chi connectivity index (χ0n) is 12.6. The van der Waals surface area contributed by atoms with Gasteiger partial charge in [-0.05, 0) is 56.3 Å². The van der Waals surface area contributed by atoms with Crippen molar-refractivity contribution in [3.05, 3.63) is 29.8 Å². The molecular formula is C17H24N2O2. The number of aliphatic hydroxyl groups excluding tert-OH is 1. The van der Waals surface area contributed by atoms with Gasteiger partial charge in [-0.15, -0.1) is 0 Å². The summed E-state index contributed by atoms with van der Waals surface area (Å²) in [6.45, 7) is 3.17. The lowest BCUT2D eigenvalue weighted by atomic mass is 9.87. The molecule has 2 rings (SSSR count). The van der Waals surface area contributed by atoms with Crippen LogP contribution in [0, 0.1) is 17.2 Å². The van der Waals surface area contributed by atoms with Crippen LogP contribution in [0.3, 0.4) is 0 Å². The van der Waals surface area contributed by atoms with Crippen molar-refractivity contribution >= 4 is 0 Å². The first-order chi connectivity index (χ1) is 10.2. The van der Waals surface area contributed by atoms with E-state index in [1.165, 1.54) is 12.0 Å². The molecule has 2 N–H and O–H groups in total. The number of hydrogen-bond acceptors (Lipinski definition) is 4. The first kappa shape index (κ1) is 15.8.